The molecule has 0 spiro atoms. The van der Waals surface area contributed by atoms with Crippen LogP contribution in [0, 0.1) is 18.3 Å². The first-order valence-corrected chi connectivity index (χ1v) is 9.43. The summed E-state index contributed by atoms with van der Waals surface area (Å²) in [6, 6.07) is 11.7. The van der Waals surface area contributed by atoms with E-state index in [0.29, 0.717) is 29.2 Å². The molecule has 0 amide bonds. The number of aryl methyl sites for hydroxylation is 1. The van der Waals surface area contributed by atoms with Crippen molar-refractivity contribution in [2.75, 3.05) is 14.2 Å². The van der Waals surface area contributed by atoms with Gasteiger partial charge in [-0.05, 0) is 30.7 Å². The zero-order valence-corrected chi connectivity index (χ0v) is 17.3. The molecule has 0 fully saturated rings. The van der Waals surface area contributed by atoms with Crippen LogP contribution in [0.1, 0.15) is 16.8 Å². The van der Waals surface area contributed by atoms with Crippen LogP contribution in [-0.2, 0) is 6.54 Å². The van der Waals surface area contributed by atoms with Crippen molar-refractivity contribution in [1.82, 2.24) is 29.9 Å². The molecule has 4 aromatic rings. The van der Waals surface area contributed by atoms with E-state index < -0.39 is 0 Å². The van der Waals surface area contributed by atoms with Crippen LogP contribution >= 0.6 is 0 Å². The fourth-order valence-corrected chi connectivity index (χ4v) is 3.12. The standard InChI is InChI=1S/C22H19N7O2/c1-14-18(8-20(28-27-14)19-11-24-22(31-3)26-21(19)30-2)17-10-25-29(13-17)12-16-6-4-15(9-23)5-7-16/h4-8,10-11,13H,12H2,1-3H3. The van der Waals surface area contributed by atoms with Gasteiger partial charge in [-0.3, -0.25) is 4.68 Å². The second-order valence-electron chi connectivity index (χ2n) is 6.74. The zero-order chi connectivity index (χ0) is 21.8. The summed E-state index contributed by atoms with van der Waals surface area (Å²) in [6.07, 6.45) is 5.34. The van der Waals surface area contributed by atoms with Crippen molar-refractivity contribution in [1.29, 1.82) is 5.26 Å². The van der Waals surface area contributed by atoms with Crippen LogP contribution in [0.5, 0.6) is 11.9 Å². The summed E-state index contributed by atoms with van der Waals surface area (Å²) in [5.74, 6) is 0.354. The summed E-state index contributed by atoms with van der Waals surface area (Å²) >= 11 is 0. The lowest BCUT2D eigenvalue weighted by Crippen LogP contribution is -2.01. The molecule has 0 unspecified atom stereocenters. The Bertz CT molecular complexity index is 1260. The highest BCUT2D eigenvalue weighted by Crippen LogP contribution is 2.31. The van der Waals surface area contributed by atoms with Crippen molar-refractivity contribution in [2.24, 2.45) is 0 Å². The molecule has 0 saturated carbocycles. The molecule has 3 heterocycles. The van der Waals surface area contributed by atoms with Crippen molar-refractivity contribution >= 4 is 0 Å². The van der Waals surface area contributed by atoms with Crippen molar-refractivity contribution < 1.29 is 9.47 Å². The third-order valence-corrected chi connectivity index (χ3v) is 4.73. The predicted octanol–water partition coefficient (Wildman–Crippen LogP) is 3.04. The van der Waals surface area contributed by atoms with Crippen molar-refractivity contribution in [2.45, 2.75) is 13.5 Å². The van der Waals surface area contributed by atoms with Crippen LogP contribution in [0.3, 0.4) is 0 Å². The molecule has 0 N–H and O–H groups in total. The van der Waals surface area contributed by atoms with Gasteiger partial charge in [-0.1, -0.05) is 12.1 Å². The average molecular weight is 413 g/mol. The molecule has 0 atom stereocenters. The molecular weight excluding hydrogens is 394 g/mol. The van der Waals surface area contributed by atoms with Crippen molar-refractivity contribution in [3.05, 3.63) is 65.7 Å². The summed E-state index contributed by atoms with van der Waals surface area (Å²) < 4.78 is 12.3. The number of hydrogen-bond donors (Lipinski definition) is 0. The van der Waals surface area contributed by atoms with Gasteiger partial charge in [-0.2, -0.15) is 20.4 Å². The minimum atomic E-state index is 0.213. The molecule has 9 heteroatoms. The minimum Gasteiger partial charge on any atom is -0.480 e. The van der Waals surface area contributed by atoms with E-state index in [-0.39, 0.29) is 6.01 Å². The van der Waals surface area contributed by atoms with Crippen LogP contribution in [0.15, 0.2) is 48.9 Å². The lowest BCUT2D eigenvalue weighted by molar-refractivity contribution is 0.353. The maximum absolute atomic E-state index is 8.94. The van der Waals surface area contributed by atoms with E-state index >= 15 is 0 Å². The number of rotatable bonds is 6. The van der Waals surface area contributed by atoms with Gasteiger partial charge >= 0.3 is 6.01 Å². The number of nitrogens with zero attached hydrogens (tertiary/aromatic N) is 7. The summed E-state index contributed by atoms with van der Waals surface area (Å²) in [7, 11) is 3.02. The molecule has 9 nitrogen and oxygen atoms in total. The van der Waals surface area contributed by atoms with E-state index in [0.717, 1.165) is 22.4 Å². The van der Waals surface area contributed by atoms with Gasteiger partial charge in [-0.15, -0.1) is 5.10 Å². The van der Waals surface area contributed by atoms with E-state index in [1.165, 1.54) is 14.2 Å². The SMILES string of the molecule is COc1ncc(-c2cc(-c3cnn(Cc4ccc(C#N)cc4)c3)c(C)nn2)c(OC)n1. The number of nitriles is 1. The lowest BCUT2D eigenvalue weighted by Gasteiger charge is -2.09. The third kappa shape index (κ3) is 4.18. The molecule has 3 aromatic heterocycles. The summed E-state index contributed by atoms with van der Waals surface area (Å²) in [5.41, 5.74) is 5.47. The van der Waals surface area contributed by atoms with Gasteiger partial charge in [0.05, 0.1) is 49.9 Å². The van der Waals surface area contributed by atoms with Crippen LogP contribution in [0.25, 0.3) is 22.4 Å². The van der Waals surface area contributed by atoms with E-state index in [1.807, 2.05) is 36.0 Å². The number of hydrogen-bond acceptors (Lipinski definition) is 8. The molecule has 0 bridgehead atoms. The molecule has 4 rings (SSSR count). The molecule has 0 aliphatic heterocycles. The zero-order valence-electron chi connectivity index (χ0n) is 17.3. The smallest absolute Gasteiger partial charge is 0.319 e. The predicted molar refractivity (Wildman–Crippen MR) is 112 cm³/mol. The Labute approximate surface area is 179 Å². The molecule has 31 heavy (non-hydrogen) atoms. The van der Waals surface area contributed by atoms with Crippen LogP contribution in [0.2, 0.25) is 0 Å². The summed E-state index contributed by atoms with van der Waals surface area (Å²) in [5, 5.41) is 22.0. The Morgan fingerprint density at radius 2 is 1.84 bits per heavy atom. The largest absolute Gasteiger partial charge is 0.480 e. The van der Waals surface area contributed by atoms with Gasteiger partial charge in [0.2, 0.25) is 5.88 Å². The first kappa shape index (κ1) is 20.0. The first-order valence-electron chi connectivity index (χ1n) is 9.43. The third-order valence-electron chi connectivity index (χ3n) is 4.73. The molecule has 154 valence electrons. The topological polar surface area (TPSA) is 112 Å². The van der Waals surface area contributed by atoms with Crippen LogP contribution in [-0.4, -0.2) is 44.2 Å². The Balaban J connectivity index is 1.64. The Kier molecular flexibility index (Phi) is 5.53. The quantitative estimate of drug-likeness (QED) is 0.474. The Morgan fingerprint density at radius 3 is 2.55 bits per heavy atom. The number of methoxy groups -OCH3 is 2. The summed E-state index contributed by atoms with van der Waals surface area (Å²) in [6.45, 7) is 2.49. The average Bonchev–Trinajstić information content (AvgIpc) is 3.27. The maximum atomic E-state index is 8.94. The van der Waals surface area contributed by atoms with Crippen molar-refractivity contribution in [3.8, 4) is 40.3 Å². The lowest BCUT2D eigenvalue weighted by atomic mass is 10.1. The normalized spacial score (nSPS) is 10.5. The summed E-state index contributed by atoms with van der Waals surface area (Å²) in [4.78, 5) is 8.37. The van der Waals surface area contributed by atoms with Crippen molar-refractivity contribution in [3.63, 3.8) is 0 Å². The van der Waals surface area contributed by atoms with Crippen LogP contribution < -0.4 is 9.47 Å². The number of aromatic nitrogens is 6. The highest BCUT2D eigenvalue weighted by molar-refractivity contribution is 5.72. The number of benzene rings is 1. The molecular formula is C22H19N7O2. The Morgan fingerprint density at radius 1 is 1.03 bits per heavy atom. The second kappa shape index (κ2) is 8.59. The first-order chi connectivity index (χ1) is 15.1. The fraction of sp³-hybridized carbons (Fsp3) is 0.182. The number of ether oxygens (including phenoxy) is 2. The minimum absolute atomic E-state index is 0.213. The highest BCUT2D eigenvalue weighted by Gasteiger charge is 2.15. The maximum Gasteiger partial charge on any atom is 0.319 e. The van der Waals surface area contributed by atoms with Gasteiger partial charge in [0.15, 0.2) is 0 Å². The van der Waals surface area contributed by atoms with E-state index in [2.05, 4.69) is 31.3 Å². The molecule has 0 saturated heterocycles. The molecule has 1 aromatic carbocycles. The van der Waals surface area contributed by atoms with Gasteiger partial charge < -0.3 is 9.47 Å². The van der Waals surface area contributed by atoms with Crippen LogP contribution in [0.4, 0.5) is 0 Å². The van der Waals surface area contributed by atoms with E-state index in [4.69, 9.17) is 14.7 Å². The van der Waals surface area contributed by atoms with Gasteiger partial charge in [0.1, 0.15) is 5.69 Å². The fourth-order valence-electron chi connectivity index (χ4n) is 3.12. The second-order valence-corrected chi connectivity index (χ2v) is 6.74. The Hall–Kier alpha value is -4.32. The molecule has 0 radical (unpaired) electrons. The monoisotopic (exact) mass is 413 g/mol. The van der Waals surface area contributed by atoms with Gasteiger partial charge in [0.25, 0.3) is 0 Å². The molecule has 0 aliphatic rings. The van der Waals surface area contributed by atoms with Gasteiger partial charge in [0, 0.05) is 23.5 Å². The van der Waals surface area contributed by atoms with Gasteiger partial charge in [-0.25, -0.2) is 4.98 Å². The molecule has 0 aliphatic carbocycles. The van der Waals surface area contributed by atoms with E-state index in [9.17, 15) is 0 Å². The highest BCUT2D eigenvalue weighted by atomic mass is 16.5. The van der Waals surface area contributed by atoms with E-state index in [1.54, 1.807) is 24.5 Å².